The third-order valence-electron chi connectivity index (χ3n) is 3.52. The third-order valence-corrected chi connectivity index (χ3v) is 3.52. The minimum atomic E-state index is -4.43. The topological polar surface area (TPSA) is 70.6 Å². The van der Waals surface area contributed by atoms with E-state index in [0.29, 0.717) is 11.3 Å². The van der Waals surface area contributed by atoms with Crippen LogP contribution in [0, 0.1) is 0 Å². The van der Waals surface area contributed by atoms with Gasteiger partial charge in [-0.3, -0.25) is 0 Å². The van der Waals surface area contributed by atoms with Crippen molar-refractivity contribution in [2.75, 3.05) is 12.4 Å². The molecule has 0 aliphatic heterocycles. The highest BCUT2D eigenvalue weighted by Gasteiger charge is 2.30. The molecule has 0 heterocycles. The monoisotopic (exact) mass is 354 g/mol. The SMILES string of the molecule is COc1ccc(O)c(C(C)NC(=O)Nc2ccc(C(F)(F)F)cc2)c1. The van der Waals surface area contributed by atoms with Gasteiger partial charge in [0, 0.05) is 11.3 Å². The number of ether oxygens (including phenoxy) is 1. The Labute approximate surface area is 142 Å². The predicted molar refractivity (Wildman–Crippen MR) is 86.7 cm³/mol. The van der Waals surface area contributed by atoms with Gasteiger partial charge in [-0.1, -0.05) is 0 Å². The third kappa shape index (κ3) is 4.79. The van der Waals surface area contributed by atoms with E-state index >= 15 is 0 Å². The standard InChI is InChI=1S/C17H17F3N2O3/c1-10(14-9-13(25-2)7-8-15(14)23)21-16(24)22-12-5-3-11(4-6-12)17(18,19)20/h3-10,23H,1-2H3,(H2,21,22,24). The molecule has 0 radical (unpaired) electrons. The molecule has 3 N–H and O–H groups in total. The van der Waals surface area contributed by atoms with Crippen LogP contribution in [-0.2, 0) is 6.18 Å². The van der Waals surface area contributed by atoms with Crippen LogP contribution in [0.1, 0.15) is 24.1 Å². The quantitative estimate of drug-likeness (QED) is 0.767. The first kappa shape index (κ1) is 18.4. The normalized spacial score (nSPS) is 12.4. The maximum atomic E-state index is 12.5. The van der Waals surface area contributed by atoms with E-state index in [2.05, 4.69) is 10.6 Å². The predicted octanol–water partition coefficient (Wildman–Crippen LogP) is 4.30. The maximum absolute atomic E-state index is 12.5. The van der Waals surface area contributed by atoms with Gasteiger partial charge in [0.25, 0.3) is 0 Å². The number of carbonyl (C=O) groups excluding carboxylic acids is 1. The molecular weight excluding hydrogens is 337 g/mol. The molecule has 0 spiro atoms. The number of methoxy groups -OCH3 is 1. The molecule has 2 aromatic carbocycles. The van der Waals surface area contributed by atoms with Gasteiger partial charge in [0.2, 0.25) is 0 Å². The zero-order valence-corrected chi connectivity index (χ0v) is 13.5. The number of anilines is 1. The van der Waals surface area contributed by atoms with Crippen LogP contribution in [-0.4, -0.2) is 18.2 Å². The Hall–Kier alpha value is -2.90. The summed E-state index contributed by atoms with van der Waals surface area (Å²) in [4.78, 5) is 12.0. The lowest BCUT2D eigenvalue weighted by Crippen LogP contribution is -2.31. The van der Waals surface area contributed by atoms with Gasteiger partial charge < -0.3 is 20.5 Å². The Morgan fingerprint density at radius 3 is 2.36 bits per heavy atom. The van der Waals surface area contributed by atoms with Gasteiger partial charge in [0.05, 0.1) is 18.7 Å². The van der Waals surface area contributed by atoms with E-state index in [9.17, 15) is 23.1 Å². The van der Waals surface area contributed by atoms with Crippen molar-refractivity contribution < 1.29 is 27.8 Å². The van der Waals surface area contributed by atoms with Gasteiger partial charge in [-0.25, -0.2) is 4.79 Å². The number of phenols is 1. The highest BCUT2D eigenvalue weighted by atomic mass is 19.4. The number of amides is 2. The van der Waals surface area contributed by atoms with Crippen LogP contribution in [0.2, 0.25) is 0 Å². The summed E-state index contributed by atoms with van der Waals surface area (Å²) >= 11 is 0. The van der Waals surface area contributed by atoms with E-state index in [1.165, 1.54) is 13.2 Å². The maximum Gasteiger partial charge on any atom is 0.416 e. The average Bonchev–Trinajstić information content (AvgIpc) is 2.54. The largest absolute Gasteiger partial charge is 0.508 e. The summed E-state index contributed by atoms with van der Waals surface area (Å²) in [6.45, 7) is 1.65. The lowest BCUT2D eigenvalue weighted by Gasteiger charge is -2.17. The summed E-state index contributed by atoms with van der Waals surface area (Å²) in [6, 6.07) is 7.53. The Morgan fingerprint density at radius 1 is 1.16 bits per heavy atom. The molecule has 134 valence electrons. The Bertz CT molecular complexity index is 746. The van der Waals surface area contributed by atoms with Crippen molar-refractivity contribution in [2.24, 2.45) is 0 Å². The molecule has 2 amide bonds. The summed E-state index contributed by atoms with van der Waals surface area (Å²) < 4.78 is 42.6. The van der Waals surface area contributed by atoms with Crippen LogP contribution in [0.15, 0.2) is 42.5 Å². The highest BCUT2D eigenvalue weighted by Crippen LogP contribution is 2.30. The zero-order chi connectivity index (χ0) is 18.6. The van der Waals surface area contributed by atoms with E-state index < -0.39 is 23.8 Å². The first-order valence-corrected chi connectivity index (χ1v) is 7.32. The lowest BCUT2D eigenvalue weighted by atomic mass is 10.1. The number of hydrogen-bond acceptors (Lipinski definition) is 3. The molecular formula is C17H17F3N2O3. The second-order valence-corrected chi connectivity index (χ2v) is 5.32. The van der Waals surface area contributed by atoms with Gasteiger partial charge in [0.1, 0.15) is 11.5 Å². The second-order valence-electron chi connectivity index (χ2n) is 5.32. The van der Waals surface area contributed by atoms with Gasteiger partial charge >= 0.3 is 12.2 Å². The van der Waals surface area contributed by atoms with Crippen molar-refractivity contribution in [2.45, 2.75) is 19.1 Å². The minimum absolute atomic E-state index is 0.0110. The molecule has 1 atom stereocenters. The van der Waals surface area contributed by atoms with E-state index in [-0.39, 0.29) is 11.4 Å². The van der Waals surface area contributed by atoms with Crippen LogP contribution >= 0.6 is 0 Å². The van der Waals surface area contributed by atoms with Gasteiger partial charge in [-0.15, -0.1) is 0 Å². The molecule has 0 aliphatic rings. The smallest absolute Gasteiger partial charge is 0.416 e. The van der Waals surface area contributed by atoms with Crippen LogP contribution in [0.3, 0.4) is 0 Å². The molecule has 0 bridgehead atoms. The molecule has 0 fully saturated rings. The molecule has 8 heteroatoms. The number of rotatable bonds is 4. The number of aromatic hydroxyl groups is 1. The van der Waals surface area contributed by atoms with Crippen molar-refractivity contribution in [3.05, 3.63) is 53.6 Å². The van der Waals surface area contributed by atoms with Gasteiger partial charge in [-0.05, 0) is 49.4 Å². The Morgan fingerprint density at radius 2 is 1.80 bits per heavy atom. The molecule has 0 saturated heterocycles. The Balaban J connectivity index is 2.02. The molecule has 0 aliphatic carbocycles. The van der Waals surface area contributed by atoms with E-state index in [1.807, 2.05) is 0 Å². The van der Waals surface area contributed by atoms with Crippen molar-refractivity contribution in [1.29, 1.82) is 0 Å². The zero-order valence-electron chi connectivity index (χ0n) is 13.5. The summed E-state index contributed by atoms with van der Waals surface area (Å²) in [5, 5.41) is 14.9. The number of urea groups is 1. The summed E-state index contributed by atoms with van der Waals surface area (Å²) in [7, 11) is 1.48. The fraction of sp³-hybridized carbons (Fsp3) is 0.235. The number of halogens is 3. The van der Waals surface area contributed by atoms with E-state index in [0.717, 1.165) is 24.3 Å². The lowest BCUT2D eigenvalue weighted by molar-refractivity contribution is -0.137. The van der Waals surface area contributed by atoms with Crippen molar-refractivity contribution in [1.82, 2.24) is 5.32 Å². The molecule has 0 saturated carbocycles. The highest BCUT2D eigenvalue weighted by molar-refractivity contribution is 5.89. The van der Waals surface area contributed by atoms with Crippen LogP contribution < -0.4 is 15.4 Å². The first-order chi connectivity index (χ1) is 11.7. The van der Waals surface area contributed by atoms with Crippen molar-refractivity contribution in [3.63, 3.8) is 0 Å². The molecule has 2 aromatic rings. The molecule has 5 nitrogen and oxygen atoms in total. The number of alkyl halides is 3. The molecule has 0 aromatic heterocycles. The summed E-state index contributed by atoms with van der Waals surface area (Å²) in [5.41, 5.74) is -0.136. The average molecular weight is 354 g/mol. The number of nitrogens with one attached hydrogen (secondary N) is 2. The van der Waals surface area contributed by atoms with Crippen molar-refractivity contribution in [3.8, 4) is 11.5 Å². The number of benzene rings is 2. The summed E-state index contributed by atoms with van der Waals surface area (Å²) in [6.07, 6.45) is -4.43. The fourth-order valence-corrected chi connectivity index (χ4v) is 2.19. The molecule has 25 heavy (non-hydrogen) atoms. The first-order valence-electron chi connectivity index (χ1n) is 7.32. The second kappa shape index (κ2) is 7.33. The van der Waals surface area contributed by atoms with Crippen LogP contribution in [0.25, 0.3) is 0 Å². The van der Waals surface area contributed by atoms with Crippen molar-refractivity contribution >= 4 is 11.7 Å². The van der Waals surface area contributed by atoms with Gasteiger partial charge in [0.15, 0.2) is 0 Å². The minimum Gasteiger partial charge on any atom is -0.508 e. The fourth-order valence-electron chi connectivity index (χ4n) is 2.19. The summed E-state index contributed by atoms with van der Waals surface area (Å²) in [5.74, 6) is 0.507. The van der Waals surface area contributed by atoms with E-state index in [1.54, 1.807) is 19.1 Å². The number of phenolic OH excluding ortho intramolecular Hbond substituents is 1. The number of hydrogen-bond donors (Lipinski definition) is 3. The number of carbonyl (C=O) groups is 1. The van der Waals surface area contributed by atoms with E-state index in [4.69, 9.17) is 4.74 Å². The van der Waals surface area contributed by atoms with Gasteiger partial charge in [-0.2, -0.15) is 13.2 Å². The van der Waals surface area contributed by atoms with Crippen LogP contribution in [0.5, 0.6) is 11.5 Å². The van der Waals surface area contributed by atoms with Crippen LogP contribution in [0.4, 0.5) is 23.7 Å². The Kier molecular flexibility index (Phi) is 5.41. The molecule has 1 unspecified atom stereocenters. The molecule has 2 rings (SSSR count).